The van der Waals surface area contributed by atoms with Crippen LogP contribution >= 0.6 is 0 Å². The number of carbonyl (C=O) groups excluding carboxylic acids is 2. The molecule has 1 aromatic heterocycles. The van der Waals surface area contributed by atoms with Gasteiger partial charge in [-0.15, -0.1) is 0 Å². The topological polar surface area (TPSA) is 47.3 Å². The molecule has 1 aromatic carbocycles. The molecule has 0 aliphatic carbocycles. The van der Waals surface area contributed by atoms with Crippen LogP contribution in [0.5, 0.6) is 0 Å². The fraction of sp³-hybridized carbons (Fsp3) is 0.375. The molecule has 0 bridgehead atoms. The van der Waals surface area contributed by atoms with Gasteiger partial charge in [-0.2, -0.15) is 0 Å². The molecular weight excluding hydrogens is 240 g/mol. The van der Waals surface area contributed by atoms with Gasteiger partial charge in [0.25, 0.3) is 0 Å². The number of carbonyl (C=O) groups is 2. The number of benzene rings is 1. The largest absolute Gasteiger partial charge is 0.464 e. The summed E-state index contributed by atoms with van der Waals surface area (Å²) in [5.74, 6) is -0.848. The van der Waals surface area contributed by atoms with Crippen molar-refractivity contribution in [1.29, 1.82) is 0 Å². The van der Waals surface area contributed by atoms with E-state index in [0.29, 0.717) is 0 Å². The Morgan fingerprint density at radius 3 is 2.37 bits per heavy atom. The van der Waals surface area contributed by atoms with Crippen LogP contribution in [0.1, 0.15) is 38.7 Å². The van der Waals surface area contributed by atoms with E-state index in [1.807, 2.05) is 31.2 Å². The van der Waals surface area contributed by atoms with Crippen molar-refractivity contribution in [2.75, 3.05) is 0 Å². The highest BCUT2D eigenvalue weighted by molar-refractivity contribution is 6.01. The molecule has 3 nitrogen and oxygen atoms in total. The Hall–Kier alpha value is -1.90. The highest BCUT2D eigenvalue weighted by Crippen LogP contribution is 2.35. The summed E-state index contributed by atoms with van der Waals surface area (Å²) in [4.78, 5) is 23.5. The lowest BCUT2D eigenvalue weighted by molar-refractivity contribution is -0.131. The van der Waals surface area contributed by atoms with Crippen molar-refractivity contribution in [2.24, 2.45) is 5.92 Å². The zero-order valence-electron chi connectivity index (χ0n) is 11.5. The minimum absolute atomic E-state index is 0.0790. The van der Waals surface area contributed by atoms with Crippen LogP contribution in [0.3, 0.4) is 0 Å². The second kappa shape index (κ2) is 5.39. The molecule has 2 rings (SSSR count). The zero-order chi connectivity index (χ0) is 14.0. The van der Waals surface area contributed by atoms with E-state index in [9.17, 15) is 9.59 Å². The SMILES string of the molecule is CCC(c1coc2ccccc12)C(C(C)=O)C(C)=O. The van der Waals surface area contributed by atoms with Crippen molar-refractivity contribution >= 4 is 22.5 Å². The maximum atomic E-state index is 11.8. The van der Waals surface area contributed by atoms with E-state index in [2.05, 4.69) is 0 Å². The number of hydrogen-bond donors (Lipinski definition) is 0. The summed E-state index contributed by atoms with van der Waals surface area (Å²) >= 11 is 0. The first-order chi connectivity index (χ1) is 9.06. The van der Waals surface area contributed by atoms with Crippen LogP contribution < -0.4 is 0 Å². The molecule has 0 amide bonds. The molecule has 0 radical (unpaired) electrons. The van der Waals surface area contributed by atoms with Crippen molar-refractivity contribution in [3.05, 3.63) is 36.1 Å². The number of Topliss-reactive ketones (excluding diaryl/α,β-unsaturated/α-hetero) is 2. The number of furan rings is 1. The quantitative estimate of drug-likeness (QED) is 0.768. The van der Waals surface area contributed by atoms with Gasteiger partial charge in [0, 0.05) is 16.9 Å². The molecule has 1 unspecified atom stereocenters. The number of hydrogen-bond acceptors (Lipinski definition) is 3. The summed E-state index contributed by atoms with van der Waals surface area (Å²) in [5, 5.41) is 0.988. The van der Waals surface area contributed by atoms with Crippen LogP contribution in [0.25, 0.3) is 11.0 Å². The molecule has 0 aliphatic heterocycles. The van der Waals surface area contributed by atoms with Gasteiger partial charge in [0.2, 0.25) is 0 Å². The highest BCUT2D eigenvalue weighted by Gasteiger charge is 2.31. The minimum atomic E-state index is -0.578. The normalized spacial score (nSPS) is 12.8. The Bertz CT molecular complexity index is 595. The first-order valence-corrected chi connectivity index (χ1v) is 6.53. The molecular formula is C16H18O3. The maximum absolute atomic E-state index is 11.8. The second-order valence-electron chi connectivity index (χ2n) is 4.90. The Morgan fingerprint density at radius 2 is 1.79 bits per heavy atom. The van der Waals surface area contributed by atoms with Crippen molar-refractivity contribution in [2.45, 2.75) is 33.1 Å². The predicted octanol–water partition coefficient (Wildman–Crippen LogP) is 3.72. The third kappa shape index (κ3) is 2.46. The summed E-state index contributed by atoms with van der Waals surface area (Å²) in [7, 11) is 0. The van der Waals surface area contributed by atoms with E-state index in [1.165, 1.54) is 13.8 Å². The molecule has 0 spiro atoms. The Labute approximate surface area is 112 Å². The van der Waals surface area contributed by atoms with Gasteiger partial charge in [0.15, 0.2) is 0 Å². The molecule has 2 aromatic rings. The average Bonchev–Trinajstić information content (AvgIpc) is 2.78. The molecule has 100 valence electrons. The van der Waals surface area contributed by atoms with Gasteiger partial charge in [-0.05, 0) is 26.3 Å². The van der Waals surface area contributed by atoms with Crippen LogP contribution in [-0.2, 0) is 9.59 Å². The summed E-state index contributed by atoms with van der Waals surface area (Å²) in [6.07, 6.45) is 2.41. The predicted molar refractivity (Wildman–Crippen MR) is 74.1 cm³/mol. The molecule has 0 saturated carbocycles. The maximum Gasteiger partial charge on any atom is 0.140 e. The number of rotatable bonds is 5. The summed E-state index contributed by atoms with van der Waals surface area (Å²) in [6.45, 7) is 4.96. The molecule has 1 atom stereocenters. The van der Waals surface area contributed by atoms with Crippen molar-refractivity contribution in [3.8, 4) is 0 Å². The Kier molecular flexibility index (Phi) is 3.84. The zero-order valence-corrected chi connectivity index (χ0v) is 11.5. The molecule has 0 saturated heterocycles. The standard InChI is InChI=1S/C16H18O3/c1-4-12(16(10(2)17)11(3)18)14-9-19-15-8-6-5-7-13(14)15/h5-9,12,16H,4H2,1-3H3. The van der Waals surface area contributed by atoms with Crippen molar-refractivity contribution in [1.82, 2.24) is 0 Å². The van der Waals surface area contributed by atoms with Gasteiger partial charge in [-0.25, -0.2) is 0 Å². The van der Waals surface area contributed by atoms with E-state index in [4.69, 9.17) is 4.42 Å². The molecule has 0 aliphatic rings. The van der Waals surface area contributed by atoms with Gasteiger partial charge in [0.1, 0.15) is 17.1 Å². The third-order valence-corrected chi connectivity index (χ3v) is 3.63. The first kappa shape index (κ1) is 13.5. The Morgan fingerprint density at radius 1 is 1.16 bits per heavy atom. The van der Waals surface area contributed by atoms with Crippen LogP contribution in [0, 0.1) is 5.92 Å². The lowest BCUT2D eigenvalue weighted by Gasteiger charge is -2.21. The average molecular weight is 258 g/mol. The van der Waals surface area contributed by atoms with Gasteiger partial charge < -0.3 is 4.42 Å². The summed E-state index contributed by atoms with van der Waals surface area (Å²) in [5.41, 5.74) is 1.75. The van der Waals surface area contributed by atoms with Gasteiger partial charge in [-0.3, -0.25) is 9.59 Å². The van der Waals surface area contributed by atoms with E-state index >= 15 is 0 Å². The van der Waals surface area contributed by atoms with E-state index in [-0.39, 0.29) is 17.5 Å². The molecule has 1 heterocycles. The van der Waals surface area contributed by atoms with E-state index in [0.717, 1.165) is 23.0 Å². The lowest BCUT2D eigenvalue weighted by atomic mass is 9.79. The summed E-state index contributed by atoms with van der Waals surface area (Å²) < 4.78 is 5.52. The Balaban J connectivity index is 2.52. The van der Waals surface area contributed by atoms with Crippen LogP contribution in [0.2, 0.25) is 0 Å². The fourth-order valence-corrected chi connectivity index (χ4v) is 2.77. The van der Waals surface area contributed by atoms with Gasteiger partial charge in [-0.1, -0.05) is 25.1 Å². The van der Waals surface area contributed by atoms with E-state index in [1.54, 1.807) is 6.26 Å². The molecule has 0 fully saturated rings. The number of fused-ring (bicyclic) bond motifs is 1. The number of ketones is 2. The molecule has 19 heavy (non-hydrogen) atoms. The van der Waals surface area contributed by atoms with Crippen LogP contribution in [0.4, 0.5) is 0 Å². The van der Waals surface area contributed by atoms with Crippen LogP contribution in [0.15, 0.2) is 34.9 Å². The fourth-order valence-electron chi connectivity index (χ4n) is 2.77. The molecule has 3 heteroatoms. The first-order valence-electron chi connectivity index (χ1n) is 6.53. The number of para-hydroxylation sites is 1. The second-order valence-corrected chi connectivity index (χ2v) is 4.90. The smallest absolute Gasteiger partial charge is 0.140 e. The van der Waals surface area contributed by atoms with Crippen molar-refractivity contribution in [3.63, 3.8) is 0 Å². The van der Waals surface area contributed by atoms with Crippen molar-refractivity contribution < 1.29 is 14.0 Å². The van der Waals surface area contributed by atoms with Gasteiger partial charge >= 0.3 is 0 Å². The van der Waals surface area contributed by atoms with Gasteiger partial charge in [0.05, 0.1) is 12.2 Å². The summed E-state index contributed by atoms with van der Waals surface area (Å²) in [6, 6.07) is 7.70. The minimum Gasteiger partial charge on any atom is -0.464 e. The van der Waals surface area contributed by atoms with Crippen LogP contribution in [-0.4, -0.2) is 11.6 Å². The third-order valence-electron chi connectivity index (χ3n) is 3.63. The molecule has 0 N–H and O–H groups in total. The highest BCUT2D eigenvalue weighted by atomic mass is 16.3. The lowest BCUT2D eigenvalue weighted by Crippen LogP contribution is -2.26. The monoisotopic (exact) mass is 258 g/mol. The van der Waals surface area contributed by atoms with E-state index < -0.39 is 5.92 Å².